The van der Waals surface area contributed by atoms with E-state index >= 15 is 0 Å². The summed E-state index contributed by atoms with van der Waals surface area (Å²) in [6.07, 6.45) is 1.26. The zero-order valence-electron chi connectivity index (χ0n) is 26.0. The SMILES string of the molecule is Cc1c(C(=O)Nc2ccccc2)sc(NC(=O)CSc2cccc(NC(=O)/C(=C/c3ccccc3F)NC(=O)c3ccccc3)c2)c1C#N. The number of anilines is 3. The quantitative estimate of drug-likeness (QED) is 0.0839. The fraction of sp³-hybridized carbons (Fsp3) is 0.0541. The van der Waals surface area contributed by atoms with Crippen LogP contribution in [0.5, 0.6) is 0 Å². The van der Waals surface area contributed by atoms with Crippen LogP contribution in [0.1, 0.15) is 36.7 Å². The van der Waals surface area contributed by atoms with Crippen LogP contribution in [0.3, 0.4) is 0 Å². The van der Waals surface area contributed by atoms with Crippen LogP contribution < -0.4 is 21.3 Å². The predicted molar refractivity (Wildman–Crippen MR) is 191 cm³/mol. The molecule has 49 heavy (non-hydrogen) atoms. The highest BCUT2D eigenvalue weighted by Crippen LogP contribution is 2.33. The Hall–Kier alpha value is -6.03. The summed E-state index contributed by atoms with van der Waals surface area (Å²) >= 11 is 2.21. The topological polar surface area (TPSA) is 140 Å². The van der Waals surface area contributed by atoms with E-state index in [0.717, 1.165) is 11.3 Å². The van der Waals surface area contributed by atoms with Crippen LogP contribution in [0.2, 0.25) is 0 Å². The molecule has 0 aliphatic carbocycles. The Morgan fingerprint density at radius 3 is 2.20 bits per heavy atom. The number of carbonyl (C=O) groups is 4. The van der Waals surface area contributed by atoms with Crippen molar-refractivity contribution in [2.75, 3.05) is 21.7 Å². The van der Waals surface area contributed by atoms with Crippen molar-refractivity contribution < 1.29 is 23.6 Å². The van der Waals surface area contributed by atoms with Gasteiger partial charge in [0.15, 0.2) is 0 Å². The van der Waals surface area contributed by atoms with E-state index in [4.69, 9.17) is 0 Å². The maximum atomic E-state index is 14.5. The van der Waals surface area contributed by atoms with Crippen LogP contribution >= 0.6 is 23.1 Å². The second kappa shape index (κ2) is 16.2. The molecule has 0 bridgehead atoms. The Balaban J connectivity index is 1.25. The highest BCUT2D eigenvalue weighted by atomic mass is 32.2. The molecule has 1 aromatic heterocycles. The van der Waals surface area contributed by atoms with Crippen LogP contribution in [0, 0.1) is 24.1 Å². The third kappa shape index (κ3) is 9.07. The first kappa shape index (κ1) is 34.3. The lowest BCUT2D eigenvalue weighted by Crippen LogP contribution is -2.30. The number of thioether (sulfide) groups is 1. The molecule has 0 unspecified atom stereocenters. The Morgan fingerprint density at radius 1 is 0.816 bits per heavy atom. The monoisotopic (exact) mass is 689 g/mol. The highest BCUT2D eigenvalue weighted by Gasteiger charge is 2.22. The molecule has 0 radical (unpaired) electrons. The minimum atomic E-state index is -0.684. The summed E-state index contributed by atoms with van der Waals surface area (Å²) in [6.45, 7) is 1.66. The van der Waals surface area contributed by atoms with E-state index in [1.165, 1.54) is 36.0 Å². The number of thiophene rings is 1. The summed E-state index contributed by atoms with van der Waals surface area (Å²) in [7, 11) is 0. The number of nitrogens with one attached hydrogen (secondary N) is 4. The molecule has 4 amide bonds. The summed E-state index contributed by atoms with van der Waals surface area (Å²) in [5, 5.41) is 20.9. The second-order valence-corrected chi connectivity index (χ2v) is 12.5. The van der Waals surface area contributed by atoms with Crippen molar-refractivity contribution in [3.05, 3.63) is 148 Å². The number of rotatable bonds is 11. The van der Waals surface area contributed by atoms with Gasteiger partial charge in [-0.05, 0) is 67.1 Å². The maximum absolute atomic E-state index is 14.5. The molecule has 244 valence electrons. The number of para-hydroxylation sites is 1. The van der Waals surface area contributed by atoms with E-state index in [1.807, 2.05) is 6.07 Å². The molecule has 9 nitrogen and oxygen atoms in total. The van der Waals surface area contributed by atoms with Crippen LogP contribution in [-0.2, 0) is 9.59 Å². The number of nitrogens with zero attached hydrogens (tertiary/aromatic N) is 1. The van der Waals surface area contributed by atoms with Gasteiger partial charge in [-0.25, -0.2) is 4.39 Å². The van der Waals surface area contributed by atoms with Crippen LogP contribution in [0.4, 0.5) is 20.8 Å². The maximum Gasteiger partial charge on any atom is 0.272 e. The summed E-state index contributed by atoms with van der Waals surface area (Å²) in [4.78, 5) is 53.0. The minimum absolute atomic E-state index is 0.0314. The molecular weight excluding hydrogens is 662 g/mol. The van der Waals surface area contributed by atoms with E-state index < -0.39 is 23.5 Å². The normalized spacial score (nSPS) is 10.8. The van der Waals surface area contributed by atoms with Gasteiger partial charge in [-0.15, -0.1) is 23.1 Å². The first-order chi connectivity index (χ1) is 23.7. The molecule has 0 saturated carbocycles. The molecular formula is C37H28FN5O4S2. The average Bonchev–Trinajstić information content (AvgIpc) is 3.43. The van der Waals surface area contributed by atoms with Crippen molar-refractivity contribution in [1.29, 1.82) is 5.26 Å². The van der Waals surface area contributed by atoms with E-state index in [1.54, 1.807) is 91.9 Å². The number of nitriles is 1. The fourth-order valence-electron chi connectivity index (χ4n) is 4.53. The molecule has 12 heteroatoms. The van der Waals surface area contributed by atoms with Gasteiger partial charge in [0.2, 0.25) is 5.91 Å². The number of amides is 4. The second-order valence-electron chi connectivity index (χ2n) is 10.4. The van der Waals surface area contributed by atoms with Gasteiger partial charge in [-0.2, -0.15) is 5.26 Å². The van der Waals surface area contributed by atoms with Crippen LogP contribution in [-0.4, -0.2) is 29.4 Å². The van der Waals surface area contributed by atoms with Crippen molar-refractivity contribution in [3.8, 4) is 6.07 Å². The Morgan fingerprint density at radius 2 is 1.49 bits per heavy atom. The average molecular weight is 690 g/mol. The van der Waals surface area contributed by atoms with Gasteiger partial charge < -0.3 is 21.3 Å². The number of hydrogen-bond donors (Lipinski definition) is 4. The molecule has 4 N–H and O–H groups in total. The molecule has 0 saturated heterocycles. The zero-order valence-corrected chi connectivity index (χ0v) is 27.6. The van der Waals surface area contributed by atoms with E-state index in [-0.39, 0.29) is 33.5 Å². The molecule has 5 aromatic rings. The van der Waals surface area contributed by atoms with Crippen molar-refractivity contribution in [1.82, 2.24) is 5.32 Å². The Labute approximate surface area is 289 Å². The van der Waals surface area contributed by atoms with Crippen LogP contribution in [0.25, 0.3) is 6.08 Å². The lowest BCUT2D eigenvalue weighted by atomic mass is 10.1. The molecule has 0 atom stereocenters. The molecule has 1 heterocycles. The summed E-state index contributed by atoms with van der Waals surface area (Å²) in [6, 6.07) is 31.9. The minimum Gasteiger partial charge on any atom is -0.321 e. The van der Waals surface area contributed by atoms with Crippen molar-refractivity contribution in [2.24, 2.45) is 0 Å². The molecule has 0 fully saturated rings. The van der Waals surface area contributed by atoms with Crippen molar-refractivity contribution in [3.63, 3.8) is 0 Å². The molecule has 0 aliphatic rings. The highest BCUT2D eigenvalue weighted by molar-refractivity contribution is 8.00. The Bertz CT molecular complexity index is 2090. The summed E-state index contributed by atoms with van der Waals surface area (Å²) < 4.78 is 14.5. The third-order valence-electron chi connectivity index (χ3n) is 6.95. The van der Waals surface area contributed by atoms with Gasteiger partial charge in [-0.3, -0.25) is 19.2 Å². The number of hydrogen-bond acceptors (Lipinski definition) is 7. The standard InChI is InChI=1S/C37H28FN5O4S2/c1-23-29(21-39)37(49-33(23)36(47)40-26-14-6-3-7-15-26)43-32(44)22-48-28-17-10-16-27(20-28)41-35(46)31(19-25-13-8-9-18-30(25)38)42-34(45)24-11-4-2-5-12-24/h2-20H,22H2,1H3,(H,40,47)(H,41,46)(H,42,45)(H,43,44)/b31-19-. The smallest absolute Gasteiger partial charge is 0.272 e. The van der Waals surface area contributed by atoms with E-state index in [2.05, 4.69) is 27.3 Å². The summed E-state index contributed by atoms with van der Waals surface area (Å²) in [5.41, 5.74) is 1.92. The Kier molecular flexibility index (Phi) is 11.3. The van der Waals surface area contributed by atoms with Crippen LogP contribution in [0.15, 0.2) is 120 Å². The van der Waals surface area contributed by atoms with Gasteiger partial charge >= 0.3 is 0 Å². The first-order valence-corrected chi connectivity index (χ1v) is 16.6. The van der Waals surface area contributed by atoms with E-state index in [0.29, 0.717) is 32.3 Å². The van der Waals surface area contributed by atoms with Gasteiger partial charge in [0.1, 0.15) is 22.6 Å². The van der Waals surface area contributed by atoms with Gasteiger partial charge in [0.05, 0.1) is 16.2 Å². The fourth-order valence-corrected chi connectivity index (χ4v) is 6.35. The van der Waals surface area contributed by atoms with E-state index in [9.17, 15) is 28.8 Å². The molecule has 0 aliphatic heterocycles. The molecule has 5 rings (SSSR count). The molecule has 0 spiro atoms. The van der Waals surface area contributed by atoms with Gasteiger partial charge in [-0.1, -0.05) is 60.7 Å². The predicted octanol–water partition coefficient (Wildman–Crippen LogP) is 7.46. The van der Waals surface area contributed by atoms with Crippen molar-refractivity contribution >= 4 is 69.2 Å². The molecule has 4 aromatic carbocycles. The zero-order chi connectivity index (χ0) is 34.8. The lowest BCUT2D eigenvalue weighted by molar-refractivity contribution is -0.114. The lowest BCUT2D eigenvalue weighted by Gasteiger charge is -2.12. The number of halogens is 1. The first-order valence-electron chi connectivity index (χ1n) is 14.8. The van der Waals surface area contributed by atoms with Crippen molar-refractivity contribution in [2.45, 2.75) is 11.8 Å². The number of carbonyl (C=O) groups excluding carboxylic acids is 4. The number of benzene rings is 4. The third-order valence-corrected chi connectivity index (χ3v) is 9.14. The van der Waals surface area contributed by atoms with Gasteiger partial charge in [0, 0.05) is 27.4 Å². The van der Waals surface area contributed by atoms with Gasteiger partial charge in [0.25, 0.3) is 17.7 Å². The summed E-state index contributed by atoms with van der Waals surface area (Å²) in [5.74, 6) is -2.60. The largest absolute Gasteiger partial charge is 0.321 e.